The Morgan fingerprint density at radius 1 is 1.56 bits per heavy atom. The average Bonchev–Trinajstić information content (AvgIpc) is 3.02. The molecule has 1 N–H and O–H groups in total. The van der Waals surface area contributed by atoms with E-state index >= 15 is 0 Å². The molecular formula is C10H10N4O2. The number of hydrogen-bond acceptors (Lipinski definition) is 4. The van der Waals surface area contributed by atoms with Gasteiger partial charge >= 0.3 is 5.97 Å². The third kappa shape index (κ3) is 1.19. The fourth-order valence-corrected chi connectivity index (χ4v) is 1.88. The molecular weight excluding hydrogens is 208 g/mol. The highest BCUT2D eigenvalue weighted by Crippen LogP contribution is 2.41. The predicted molar refractivity (Wildman–Crippen MR) is 54.5 cm³/mol. The molecule has 0 spiro atoms. The molecule has 6 heteroatoms. The lowest BCUT2D eigenvalue weighted by Gasteiger charge is -2.05. The van der Waals surface area contributed by atoms with Gasteiger partial charge in [0.05, 0.1) is 11.3 Å². The Labute approximate surface area is 90.9 Å². The lowest BCUT2D eigenvalue weighted by molar-refractivity contribution is 0.0694. The van der Waals surface area contributed by atoms with E-state index in [9.17, 15) is 4.79 Å². The first-order chi connectivity index (χ1) is 7.68. The van der Waals surface area contributed by atoms with Gasteiger partial charge in [0, 0.05) is 12.1 Å². The summed E-state index contributed by atoms with van der Waals surface area (Å²) < 4.78 is 1.57. The summed E-state index contributed by atoms with van der Waals surface area (Å²) in [5.41, 5.74) is 2.34. The van der Waals surface area contributed by atoms with E-state index < -0.39 is 5.97 Å². The van der Waals surface area contributed by atoms with Crippen LogP contribution in [0.3, 0.4) is 0 Å². The summed E-state index contributed by atoms with van der Waals surface area (Å²) in [6, 6.07) is 0. The van der Waals surface area contributed by atoms with Crippen molar-refractivity contribution >= 4 is 11.6 Å². The van der Waals surface area contributed by atoms with Gasteiger partial charge in [-0.3, -0.25) is 0 Å². The van der Waals surface area contributed by atoms with Gasteiger partial charge < -0.3 is 5.11 Å². The van der Waals surface area contributed by atoms with E-state index in [1.54, 1.807) is 4.52 Å². The summed E-state index contributed by atoms with van der Waals surface area (Å²) in [7, 11) is 0. The van der Waals surface area contributed by atoms with Gasteiger partial charge in [0.15, 0.2) is 5.65 Å². The van der Waals surface area contributed by atoms with Crippen LogP contribution in [0.15, 0.2) is 6.20 Å². The number of hydrogen-bond donors (Lipinski definition) is 1. The summed E-state index contributed by atoms with van der Waals surface area (Å²) in [5, 5.41) is 17.0. The zero-order valence-electron chi connectivity index (χ0n) is 8.71. The lowest BCUT2D eigenvalue weighted by atomic mass is 10.1. The van der Waals surface area contributed by atoms with E-state index in [0.29, 0.717) is 5.65 Å². The van der Waals surface area contributed by atoms with Crippen molar-refractivity contribution in [2.24, 2.45) is 0 Å². The van der Waals surface area contributed by atoms with Gasteiger partial charge in [-0.2, -0.15) is 4.52 Å². The number of aryl methyl sites for hydroxylation is 1. The van der Waals surface area contributed by atoms with Crippen LogP contribution >= 0.6 is 0 Å². The van der Waals surface area contributed by atoms with Gasteiger partial charge in [0.2, 0.25) is 0 Å². The van der Waals surface area contributed by atoms with Gasteiger partial charge in [-0.05, 0) is 19.8 Å². The standard InChI is InChI=1S/C10H10N4O2/c1-5-9-11-4-7(10(15)16)8(6-2-3-6)14(9)13-12-5/h4,6H,2-3H2,1H3,(H,15,16). The van der Waals surface area contributed by atoms with Crippen LogP contribution in [-0.2, 0) is 0 Å². The third-order valence-corrected chi connectivity index (χ3v) is 2.82. The molecule has 6 nitrogen and oxygen atoms in total. The van der Waals surface area contributed by atoms with Crippen molar-refractivity contribution in [2.75, 3.05) is 0 Å². The summed E-state index contributed by atoms with van der Waals surface area (Å²) in [5.74, 6) is -0.665. The summed E-state index contributed by atoms with van der Waals surface area (Å²) in [4.78, 5) is 15.2. The Morgan fingerprint density at radius 3 is 2.94 bits per heavy atom. The van der Waals surface area contributed by atoms with Crippen molar-refractivity contribution in [3.05, 3.63) is 23.1 Å². The van der Waals surface area contributed by atoms with Crippen LogP contribution in [0.5, 0.6) is 0 Å². The van der Waals surface area contributed by atoms with Crippen LogP contribution in [0.2, 0.25) is 0 Å². The van der Waals surface area contributed by atoms with Crippen LogP contribution in [0, 0.1) is 6.92 Å². The number of aromatic carboxylic acids is 1. The normalized spacial score (nSPS) is 15.6. The first-order valence-corrected chi connectivity index (χ1v) is 5.12. The second-order valence-corrected chi connectivity index (χ2v) is 4.05. The van der Waals surface area contributed by atoms with Crippen molar-refractivity contribution in [1.82, 2.24) is 19.8 Å². The molecule has 0 aromatic carbocycles. The highest BCUT2D eigenvalue weighted by molar-refractivity contribution is 5.89. The van der Waals surface area contributed by atoms with E-state index in [-0.39, 0.29) is 11.5 Å². The number of nitrogens with zero attached hydrogens (tertiary/aromatic N) is 4. The van der Waals surface area contributed by atoms with Crippen molar-refractivity contribution < 1.29 is 9.90 Å². The second kappa shape index (κ2) is 3.01. The Kier molecular flexibility index (Phi) is 1.74. The van der Waals surface area contributed by atoms with Crippen LogP contribution in [0.1, 0.15) is 40.5 Å². The maximum atomic E-state index is 11.1. The molecule has 1 fully saturated rings. The van der Waals surface area contributed by atoms with Crippen LogP contribution in [0.4, 0.5) is 0 Å². The lowest BCUT2D eigenvalue weighted by Crippen LogP contribution is -2.09. The zero-order chi connectivity index (χ0) is 11.3. The number of aromatic nitrogens is 4. The number of fused-ring (bicyclic) bond motifs is 1. The molecule has 0 radical (unpaired) electrons. The molecule has 2 heterocycles. The van der Waals surface area contributed by atoms with Crippen molar-refractivity contribution in [3.8, 4) is 0 Å². The molecule has 0 unspecified atom stereocenters. The third-order valence-electron chi connectivity index (χ3n) is 2.82. The monoisotopic (exact) mass is 218 g/mol. The fraction of sp³-hybridized carbons (Fsp3) is 0.400. The van der Waals surface area contributed by atoms with E-state index in [2.05, 4.69) is 15.3 Å². The van der Waals surface area contributed by atoms with Gasteiger partial charge in [-0.25, -0.2) is 9.78 Å². The Hall–Kier alpha value is -1.98. The van der Waals surface area contributed by atoms with Crippen molar-refractivity contribution in [1.29, 1.82) is 0 Å². The molecule has 0 amide bonds. The summed E-state index contributed by atoms with van der Waals surface area (Å²) in [6.45, 7) is 1.81. The first kappa shape index (κ1) is 9.26. The minimum Gasteiger partial charge on any atom is -0.478 e. The van der Waals surface area contributed by atoms with Crippen LogP contribution in [-0.4, -0.2) is 30.9 Å². The average molecular weight is 218 g/mol. The minimum atomic E-state index is -0.954. The summed E-state index contributed by atoms with van der Waals surface area (Å²) in [6.07, 6.45) is 3.43. The first-order valence-electron chi connectivity index (χ1n) is 5.12. The molecule has 0 saturated heterocycles. The largest absolute Gasteiger partial charge is 0.478 e. The molecule has 2 aromatic heterocycles. The van der Waals surface area contributed by atoms with Gasteiger partial charge in [-0.1, -0.05) is 5.21 Å². The predicted octanol–water partition coefficient (Wildman–Crippen LogP) is 1.01. The molecule has 0 aliphatic heterocycles. The SMILES string of the molecule is Cc1nnn2c(C3CC3)c(C(=O)O)cnc12. The molecule has 82 valence electrons. The van der Waals surface area contributed by atoms with Crippen molar-refractivity contribution in [3.63, 3.8) is 0 Å². The van der Waals surface area contributed by atoms with Gasteiger partial charge in [0.1, 0.15) is 5.69 Å². The van der Waals surface area contributed by atoms with Crippen molar-refractivity contribution in [2.45, 2.75) is 25.7 Å². The molecule has 1 aliphatic rings. The van der Waals surface area contributed by atoms with Gasteiger partial charge in [-0.15, -0.1) is 5.10 Å². The summed E-state index contributed by atoms with van der Waals surface area (Å²) >= 11 is 0. The van der Waals surface area contributed by atoms with Crippen LogP contribution < -0.4 is 0 Å². The van der Waals surface area contributed by atoms with E-state index in [4.69, 9.17) is 5.11 Å². The molecule has 1 saturated carbocycles. The molecule has 0 atom stereocenters. The minimum absolute atomic E-state index is 0.236. The van der Waals surface area contributed by atoms with E-state index in [0.717, 1.165) is 24.2 Å². The van der Waals surface area contributed by atoms with E-state index in [1.807, 2.05) is 6.92 Å². The number of carboxylic acids is 1. The highest BCUT2D eigenvalue weighted by Gasteiger charge is 2.32. The molecule has 2 aromatic rings. The van der Waals surface area contributed by atoms with Gasteiger partial charge in [0.25, 0.3) is 0 Å². The number of carboxylic acid groups (broad SMARTS) is 1. The Balaban J connectivity index is 2.35. The quantitative estimate of drug-likeness (QED) is 0.813. The fourth-order valence-electron chi connectivity index (χ4n) is 1.88. The molecule has 1 aliphatic carbocycles. The Bertz CT molecular complexity index is 586. The maximum absolute atomic E-state index is 11.1. The van der Waals surface area contributed by atoms with Crippen LogP contribution in [0.25, 0.3) is 5.65 Å². The second-order valence-electron chi connectivity index (χ2n) is 4.05. The molecule has 16 heavy (non-hydrogen) atoms. The van der Waals surface area contributed by atoms with E-state index in [1.165, 1.54) is 6.20 Å². The molecule has 3 rings (SSSR count). The highest BCUT2D eigenvalue weighted by atomic mass is 16.4. The number of rotatable bonds is 2. The maximum Gasteiger partial charge on any atom is 0.339 e. The zero-order valence-corrected chi connectivity index (χ0v) is 8.71. The smallest absolute Gasteiger partial charge is 0.339 e. The topological polar surface area (TPSA) is 80.4 Å². The Morgan fingerprint density at radius 2 is 2.31 bits per heavy atom. The molecule has 0 bridgehead atoms. The number of carbonyl (C=O) groups is 1.